The molecule has 1 aliphatic rings. The van der Waals surface area contributed by atoms with Crippen LogP contribution in [0.1, 0.15) is 24.1 Å². The number of sulfonamides is 1. The minimum absolute atomic E-state index is 0.0508. The smallest absolute Gasteiger partial charge is 0.243 e. The van der Waals surface area contributed by atoms with E-state index >= 15 is 0 Å². The fraction of sp³-hybridized carbons (Fsp3) is 0.333. The Hall–Kier alpha value is -2.71. The molecule has 1 fully saturated rings. The standard InChI is InChI=1S/C21H23N3O4S/c1-15-6-8-17(9-7-15)29(26,27)24-12-10-16(11-13-24)22-21(25)14-19-18-4-2-3-5-20(18)28-23-19/h2-9,16H,10-14H2,1H3,(H,22,25). The third kappa shape index (κ3) is 4.18. The second-order valence-electron chi connectivity index (χ2n) is 7.36. The summed E-state index contributed by atoms with van der Waals surface area (Å²) in [4.78, 5) is 12.7. The molecule has 2 aromatic carbocycles. The van der Waals surface area contributed by atoms with Crippen LogP contribution in [0.2, 0.25) is 0 Å². The fourth-order valence-electron chi connectivity index (χ4n) is 3.60. The van der Waals surface area contributed by atoms with Gasteiger partial charge in [-0.3, -0.25) is 4.79 Å². The molecule has 0 radical (unpaired) electrons. The molecule has 0 bridgehead atoms. The van der Waals surface area contributed by atoms with Crippen molar-refractivity contribution < 1.29 is 17.7 Å². The maximum atomic E-state index is 12.8. The Labute approximate surface area is 169 Å². The van der Waals surface area contributed by atoms with Gasteiger partial charge < -0.3 is 9.84 Å². The summed E-state index contributed by atoms with van der Waals surface area (Å²) in [5.74, 6) is -0.135. The van der Waals surface area contributed by atoms with Crippen LogP contribution in [-0.4, -0.2) is 42.9 Å². The van der Waals surface area contributed by atoms with E-state index in [9.17, 15) is 13.2 Å². The summed E-state index contributed by atoms with van der Waals surface area (Å²) in [6, 6.07) is 14.3. The number of fused-ring (bicyclic) bond motifs is 1. The Morgan fingerprint density at radius 1 is 1.14 bits per heavy atom. The summed E-state index contributed by atoms with van der Waals surface area (Å²) in [6.45, 7) is 2.69. The Bertz CT molecular complexity index is 1110. The summed E-state index contributed by atoms with van der Waals surface area (Å²) >= 11 is 0. The molecule has 0 spiro atoms. The largest absolute Gasteiger partial charge is 0.356 e. The molecule has 1 aromatic heterocycles. The second-order valence-corrected chi connectivity index (χ2v) is 9.30. The summed E-state index contributed by atoms with van der Waals surface area (Å²) < 4.78 is 32.3. The highest BCUT2D eigenvalue weighted by Gasteiger charge is 2.30. The van der Waals surface area contributed by atoms with Crippen LogP contribution in [0.25, 0.3) is 11.0 Å². The molecule has 1 aliphatic heterocycles. The lowest BCUT2D eigenvalue weighted by atomic mass is 10.1. The fourth-order valence-corrected chi connectivity index (χ4v) is 5.07. The van der Waals surface area contributed by atoms with E-state index in [0.29, 0.717) is 42.1 Å². The topological polar surface area (TPSA) is 92.5 Å². The van der Waals surface area contributed by atoms with Gasteiger partial charge >= 0.3 is 0 Å². The lowest BCUT2D eigenvalue weighted by molar-refractivity contribution is -0.121. The molecule has 0 saturated carbocycles. The molecule has 1 N–H and O–H groups in total. The normalized spacial score (nSPS) is 16.2. The number of piperidine rings is 1. The summed E-state index contributed by atoms with van der Waals surface area (Å²) in [5.41, 5.74) is 2.28. The molecule has 2 heterocycles. The van der Waals surface area contributed by atoms with Crippen molar-refractivity contribution in [2.24, 2.45) is 0 Å². The number of aromatic nitrogens is 1. The van der Waals surface area contributed by atoms with Crippen LogP contribution >= 0.6 is 0 Å². The molecule has 29 heavy (non-hydrogen) atoms. The molecule has 8 heteroatoms. The molecule has 152 valence electrons. The van der Waals surface area contributed by atoms with E-state index in [1.54, 1.807) is 24.3 Å². The van der Waals surface area contributed by atoms with Crippen LogP contribution in [0.15, 0.2) is 57.9 Å². The van der Waals surface area contributed by atoms with Crippen LogP contribution in [0.3, 0.4) is 0 Å². The maximum Gasteiger partial charge on any atom is 0.243 e. The Kier molecular flexibility index (Phi) is 5.38. The maximum absolute atomic E-state index is 12.8. The molecule has 0 aliphatic carbocycles. The Morgan fingerprint density at radius 3 is 2.55 bits per heavy atom. The van der Waals surface area contributed by atoms with E-state index in [1.807, 2.05) is 31.2 Å². The van der Waals surface area contributed by atoms with Crippen LogP contribution in [0, 0.1) is 6.92 Å². The van der Waals surface area contributed by atoms with Crippen molar-refractivity contribution in [2.75, 3.05) is 13.1 Å². The number of para-hydroxylation sites is 1. The molecule has 1 amide bonds. The quantitative estimate of drug-likeness (QED) is 0.694. The van der Waals surface area contributed by atoms with Crippen LogP contribution < -0.4 is 5.32 Å². The molecule has 3 aromatic rings. The first-order valence-electron chi connectivity index (χ1n) is 9.63. The number of benzene rings is 2. The number of amides is 1. The van der Waals surface area contributed by atoms with Gasteiger partial charge in [-0.25, -0.2) is 8.42 Å². The molecular formula is C21H23N3O4S. The van der Waals surface area contributed by atoms with Crippen molar-refractivity contribution in [2.45, 2.75) is 37.1 Å². The van der Waals surface area contributed by atoms with Crippen molar-refractivity contribution in [3.63, 3.8) is 0 Å². The van der Waals surface area contributed by atoms with E-state index in [0.717, 1.165) is 10.9 Å². The van der Waals surface area contributed by atoms with E-state index in [1.165, 1.54) is 4.31 Å². The number of rotatable bonds is 5. The number of carbonyl (C=O) groups is 1. The van der Waals surface area contributed by atoms with E-state index in [2.05, 4.69) is 10.5 Å². The average molecular weight is 413 g/mol. The predicted octanol–water partition coefficient (Wildman–Crippen LogP) is 2.65. The van der Waals surface area contributed by atoms with Gasteiger partial charge in [-0.2, -0.15) is 4.31 Å². The second kappa shape index (κ2) is 7.96. The highest BCUT2D eigenvalue weighted by Crippen LogP contribution is 2.22. The lowest BCUT2D eigenvalue weighted by Gasteiger charge is -2.31. The van der Waals surface area contributed by atoms with Gasteiger partial charge in [0.05, 0.1) is 11.3 Å². The van der Waals surface area contributed by atoms with Crippen LogP contribution in [0.5, 0.6) is 0 Å². The predicted molar refractivity (Wildman–Crippen MR) is 109 cm³/mol. The highest BCUT2D eigenvalue weighted by atomic mass is 32.2. The molecule has 4 rings (SSSR count). The molecule has 0 atom stereocenters. The van der Waals surface area contributed by atoms with Crippen molar-refractivity contribution in [3.8, 4) is 0 Å². The highest BCUT2D eigenvalue weighted by molar-refractivity contribution is 7.89. The first-order chi connectivity index (χ1) is 13.9. The van der Waals surface area contributed by atoms with Crippen molar-refractivity contribution in [1.82, 2.24) is 14.8 Å². The first-order valence-corrected chi connectivity index (χ1v) is 11.1. The SMILES string of the molecule is Cc1ccc(S(=O)(=O)N2CCC(NC(=O)Cc3noc4ccccc34)CC2)cc1. The molecule has 7 nitrogen and oxygen atoms in total. The monoisotopic (exact) mass is 413 g/mol. The third-order valence-corrected chi connectivity index (χ3v) is 7.17. The zero-order chi connectivity index (χ0) is 20.4. The van der Waals surface area contributed by atoms with Crippen LogP contribution in [-0.2, 0) is 21.2 Å². The number of hydrogen-bond acceptors (Lipinski definition) is 5. The average Bonchev–Trinajstić information content (AvgIpc) is 3.11. The van der Waals surface area contributed by atoms with Gasteiger partial charge in [0.15, 0.2) is 5.58 Å². The number of aryl methyl sites for hydroxylation is 1. The van der Waals surface area contributed by atoms with Gasteiger partial charge in [0.2, 0.25) is 15.9 Å². The summed E-state index contributed by atoms with van der Waals surface area (Å²) in [6.07, 6.45) is 1.30. The number of nitrogens with one attached hydrogen (secondary N) is 1. The van der Waals surface area contributed by atoms with E-state index in [-0.39, 0.29) is 18.4 Å². The van der Waals surface area contributed by atoms with E-state index < -0.39 is 10.0 Å². The number of hydrogen-bond donors (Lipinski definition) is 1. The number of carbonyl (C=O) groups excluding carboxylic acids is 1. The first kappa shape index (κ1) is 19.6. The lowest BCUT2D eigenvalue weighted by Crippen LogP contribution is -2.46. The Balaban J connectivity index is 1.34. The van der Waals surface area contributed by atoms with Gasteiger partial charge in [-0.05, 0) is 44.0 Å². The van der Waals surface area contributed by atoms with Gasteiger partial charge in [0, 0.05) is 24.5 Å². The summed E-state index contributed by atoms with van der Waals surface area (Å²) in [7, 11) is -3.50. The molecule has 0 unspecified atom stereocenters. The third-order valence-electron chi connectivity index (χ3n) is 5.26. The van der Waals surface area contributed by atoms with Crippen molar-refractivity contribution >= 4 is 26.9 Å². The Morgan fingerprint density at radius 2 is 1.83 bits per heavy atom. The van der Waals surface area contributed by atoms with Crippen LogP contribution in [0.4, 0.5) is 0 Å². The zero-order valence-electron chi connectivity index (χ0n) is 16.2. The molecular weight excluding hydrogens is 390 g/mol. The number of nitrogens with zero attached hydrogens (tertiary/aromatic N) is 2. The minimum atomic E-state index is -3.50. The summed E-state index contributed by atoms with van der Waals surface area (Å²) in [5, 5.41) is 7.82. The van der Waals surface area contributed by atoms with Gasteiger partial charge in [-0.1, -0.05) is 35.0 Å². The van der Waals surface area contributed by atoms with E-state index in [4.69, 9.17) is 4.52 Å². The van der Waals surface area contributed by atoms with Gasteiger partial charge in [-0.15, -0.1) is 0 Å². The van der Waals surface area contributed by atoms with Gasteiger partial charge in [0.1, 0.15) is 5.69 Å². The van der Waals surface area contributed by atoms with Crippen molar-refractivity contribution in [3.05, 3.63) is 59.8 Å². The minimum Gasteiger partial charge on any atom is -0.356 e. The zero-order valence-corrected chi connectivity index (χ0v) is 17.0. The van der Waals surface area contributed by atoms with Crippen molar-refractivity contribution in [1.29, 1.82) is 0 Å². The van der Waals surface area contributed by atoms with Gasteiger partial charge in [0.25, 0.3) is 0 Å². The molecule has 1 saturated heterocycles.